The van der Waals surface area contributed by atoms with E-state index in [9.17, 15) is 0 Å². The molecule has 0 fully saturated rings. The number of fused-ring (bicyclic) bond motifs is 12. The highest BCUT2D eigenvalue weighted by Gasteiger charge is 2.42. The minimum Gasteiger partial charge on any atom is -0.376 e. The summed E-state index contributed by atoms with van der Waals surface area (Å²) >= 11 is 1.75. The molecule has 5 nitrogen and oxygen atoms in total. The standard InChI is InChI=1S/C34H24BN5S/c1-38-21-39(20-36-38)23-15-17-27-25-9-3-5-11-29(25)35-28-10-4-2-8-24(28)26-16-14-22(18-31(26)40(35)32(27)19-23)34-37-30-12-6-7-13-33(30)41-34/h2-20H,21H2,1H3. The van der Waals surface area contributed by atoms with Crippen molar-refractivity contribution in [3.05, 3.63) is 109 Å². The zero-order valence-corrected chi connectivity index (χ0v) is 23.2. The molecule has 6 aromatic rings. The second-order valence-electron chi connectivity index (χ2n) is 10.9. The van der Waals surface area contributed by atoms with E-state index in [4.69, 9.17) is 4.98 Å². The SMILES string of the molecule is CN1CN(c2ccc3c(c2)N2B(c4ccccc4-c4ccc(-c5nc6ccccc6s5)cc42)c2ccccc2-3)C=N1. The van der Waals surface area contributed by atoms with Crippen LogP contribution >= 0.6 is 11.3 Å². The lowest BCUT2D eigenvalue weighted by atomic mass is 9.43. The average molecular weight is 545 g/mol. The smallest absolute Gasteiger partial charge is 0.329 e. The second kappa shape index (κ2) is 8.56. The Kier molecular flexibility index (Phi) is 4.78. The second-order valence-corrected chi connectivity index (χ2v) is 11.9. The first kappa shape index (κ1) is 22.9. The lowest BCUT2D eigenvalue weighted by Gasteiger charge is -2.43. The minimum atomic E-state index is 0.0678. The van der Waals surface area contributed by atoms with Gasteiger partial charge in [0, 0.05) is 40.8 Å². The summed E-state index contributed by atoms with van der Waals surface area (Å²) in [6, 6.07) is 39.9. The van der Waals surface area contributed by atoms with E-state index in [-0.39, 0.29) is 6.85 Å². The molecule has 9 rings (SSSR count). The summed E-state index contributed by atoms with van der Waals surface area (Å²) in [7, 11) is 2.00. The number of hydrogen-bond acceptors (Lipinski definition) is 6. The van der Waals surface area contributed by atoms with Crippen LogP contribution < -0.4 is 20.6 Å². The summed E-state index contributed by atoms with van der Waals surface area (Å²) in [4.78, 5) is 9.77. The Balaban J connectivity index is 1.31. The number of rotatable bonds is 2. The van der Waals surface area contributed by atoms with Crippen LogP contribution in [0.1, 0.15) is 0 Å². The van der Waals surface area contributed by atoms with Gasteiger partial charge < -0.3 is 9.71 Å². The van der Waals surface area contributed by atoms with Gasteiger partial charge in [0.1, 0.15) is 18.0 Å². The van der Waals surface area contributed by atoms with Crippen molar-refractivity contribution in [2.24, 2.45) is 5.10 Å². The van der Waals surface area contributed by atoms with Gasteiger partial charge in [-0.3, -0.25) is 5.01 Å². The Morgan fingerprint density at radius 1 is 0.707 bits per heavy atom. The zero-order valence-electron chi connectivity index (χ0n) is 22.4. The van der Waals surface area contributed by atoms with Crippen molar-refractivity contribution in [2.45, 2.75) is 0 Å². The largest absolute Gasteiger partial charge is 0.376 e. The van der Waals surface area contributed by atoms with E-state index in [1.807, 2.05) is 18.4 Å². The molecule has 0 atom stereocenters. The summed E-state index contributed by atoms with van der Waals surface area (Å²) < 4.78 is 1.21. The molecular formula is C34H24BN5S. The molecule has 5 aromatic carbocycles. The molecule has 7 heteroatoms. The molecule has 0 saturated carbocycles. The first-order chi connectivity index (χ1) is 20.2. The number of para-hydroxylation sites is 1. The number of anilines is 3. The molecule has 0 saturated heterocycles. The van der Waals surface area contributed by atoms with E-state index < -0.39 is 0 Å². The number of hydrazone groups is 1. The van der Waals surface area contributed by atoms with Gasteiger partial charge in [0.25, 0.3) is 0 Å². The molecule has 0 bridgehead atoms. The van der Waals surface area contributed by atoms with Gasteiger partial charge >= 0.3 is 6.85 Å². The van der Waals surface area contributed by atoms with Crippen LogP contribution in [-0.2, 0) is 0 Å². The molecular weight excluding hydrogens is 521 g/mol. The van der Waals surface area contributed by atoms with E-state index in [1.54, 1.807) is 11.3 Å². The van der Waals surface area contributed by atoms with Gasteiger partial charge in [-0.1, -0.05) is 78.9 Å². The fraction of sp³-hybridized carbons (Fsp3) is 0.0588. The van der Waals surface area contributed by atoms with Crippen molar-refractivity contribution in [1.82, 2.24) is 9.99 Å². The Bertz CT molecular complexity index is 2020. The number of thiazole rings is 1. The number of hydrogen-bond donors (Lipinski definition) is 0. The molecule has 0 radical (unpaired) electrons. The van der Waals surface area contributed by atoms with E-state index in [0.29, 0.717) is 0 Å². The molecule has 0 amide bonds. The van der Waals surface area contributed by atoms with Crippen molar-refractivity contribution in [3.8, 4) is 32.8 Å². The third kappa shape index (κ3) is 3.36. The van der Waals surface area contributed by atoms with E-state index >= 15 is 0 Å². The molecule has 194 valence electrons. The van der Waals surface area contributed by atoms with E-state index in [2.05, 4.69) is 124 Å². The van der Waals surface area contributed by atoms with Crippen LogP contribution in [-0.4, -0.2) is 36.9 Å². The fourth-order valence-electron chi connectivity index (χ4n) is 6.62. The Morgan fingerprint density at radius 3 is 2.12 bits per heavy atom. The Morgan fingerprint density at radius 2 is 1.39 bits per heavy atom. The Hall–Kier alpha value is -4.88. The highest BCUT2D eigenvalue weighted by Crippen LogP contribution is 2.48. The molecule has 1 aromatic heterocycles. The summed E-state index contributed by atoms with van der Waals surface area (Å²) in [6.07, 6.45) is 1.92. The molecule has 0 N–H and O–H groups in total. The molecule has 0 unspecified atom stereocenters. The minimum absolute atomic E-state index is 0.0678. The molecule has 3 aliphatic heterocycles. The van der Waals surface area contributed by atoms with Crippen LogP contribution in [0, 0.1) is 0 Å². The van der Waals surface area contributed by atoms with Gasteiger partial charge in [-0.15, -0.1) is 11.3 Å². The first-order valence-electron chi connectivity index (χ1n) is 13.9. The van der Waals surface area contributed by atoms with Crippen LogP contribution in [0.25, 0.3) is 43.0 Å². The summed E-state index contributed by atoms with van der Waals surface area (Å²) in [5, 5.41) is 7.47. The van der Waals surface area contributed by atoms with Crippen molar-refractivity contribution in [2.75, 3.05) is 23.4 Å². The highest BCUT2D eigenvalue weighted by atomic mass is 32.1. The van der Waals surface area contributed by atoms with Crippen molar-refractivity contribution < 1.29 is 0 Å². The number of benzene rings is 5. The number of nitrogens with zero attached hydrogens (tertiary/aromatic N) is 5. The van der Waals surface area contributed by atoms with E-state index in [0.717, 1.165) is 28.4 Å². The summed E-state index contributed by atoms with van der Waals surface area (Å²) in [6.45, 7) is 0.804. The summed E-state index contributed by atoms with van der Waals surface area (Å²) in [5.74, 6) is 0. The van der Waals surface area contributed by atoms with Gasteiger partial charge in [0.2, 0.25) is 0 Å². The van der Waals surface area contributed by atoms with Crippen LogP contribution in [0.5, 0.6) is 0 Å². The highest BCUT2D eigenvalue weighted by molar-refractivity contribution is 7.21. The van der Waals surface area contributed by atoms with Crippen LogP contribution in [0.15, 0.2) is 114 Å². The van der Waals surface area contributed by atoms with Gasteiger partial charge in [0.15, 0.2) is 0 Å². The topological polar surface area (TPSA) is 35.0 Å². The molecule has 0 aliphatic carbocycles. The van der Waals surface area contributed by atoms with Crippen molar-refractivity contribution >= 4 is 62.7 Å². The molecule has 4 heterocycles. The maximum atomic E-state index is 5.01. The van der Waals surface area contributed by atoms with Crippen LogP contribution in [0.4, 0.5) is 17.1 Å². The molecule has 0 spiro atoms. The van der Waals surface area contributed by atoms with Crippen molar-refractivity contribution in [3.63, 3.8) is 0 Å². The molecule has 41 heavy (non-hydrogen) atoms. The van der Waals surface area contributed by atoms with Gasteiger partial charge in [-0.05, 0) is 52.4 Å². The lowest BCUT2D eigenvalue weighted by molar-refractivity contribution is 0.393. The maximum absolute atomic E-state index is 5.01. The molecule has 3 aliphatic rings. The van der Waals surface area contributed by atoms with Gasteiger partial charge in [-0.2, -0.15) is 5.10 Å². The fourth-order valence-corrected chi connectivity index (χ4v) is 7.58. The predicted molar refractivity (Wildman–Crippen MR) is 173 cm³/mol. The first-order valence-corrected chi connectivity index (χ1v) is 14.7. The van der Waals surface area contributed by atoms with Gasteiger partial charge in [0.05, 0.1) is 10.2 Å². The van der Waals surface area contributed by atoms with E-state index in [1.165, 1.54) is 49.3 Å². The van der Waals surface area contributed by atoms with Crippen LogP contribution in [0.2, 0.25) is 0 Å². The predicted octanol–water partition coefficient (Wildman–Crippen LogP) is 6.52. The Labute approximate surface area is 242 Å². The number of aromatic nitrogens is 1. The zero-order chi connectivity index (χ0) is 27.1. The third-order valence-corrected chi connectivity index (χ3v) is 9.55. The third-order valence-electron chi connectivity index (χ3n) is 8.47. The average Bonchev–Trinajstić information content (AvgIpc) is 3.67. The maximum Gasteiger partial charge on any atom is 0.329 e. The summed E-state index contributed by atoms with van der Waals surface area (Å²) in [5.41, 5.74) is 13.5. The lowest BCUT2D eigenvalue weighted by Crippen LogP contribution is -2.59. The van der Waals surface area contributed by atoms with Crippen molar-refractivity contribution in [1.29, 1.82) is 0 Å². The normalized spacial score (nSPS) is 14.6. The van der Waals surface area contributed by atoms with Gasteiger partial charge in [-0.25, -0.2) is 4.98 Å². The van der Waals surface area contributed by atoms with Crippen LogP contribution in [0.3, 0.4) is 0 Å². The monoisotopic (exact) mass is 545 g/mol. The quantitative estimate of drug-likeness (QED) is 0.232.